The first-order valence-corrected chi connectivity index (χ1v) is 9.70. The van der Waals surface area contributed by atoms with Crippen LogP contribution in [-0.2, 0) is 21.2 Å². The van der Waals surface area contributed by atoms with Gasteiger partial charge in [0.15, 0.2) is 5.58 Å². The van der Waals surface area contributed by atoms with Gasteiger partial charge in [0.1, 0.15) is 10.4 Å². The molecule has 4 rings (SSSR count). The molecular weight excluding hydrogens is 380 g/mol. The minimum absolute atomic E-state index is 0.0176. The molecule has 2 aromatic heterocycles. The highest BCUT2D eigenvalue weighted by atomic mass is 32.2. The predicted octanol–water partition coefficient (Wildman–Crippen LogP) is 2.53. The topological polar surface area (TPSA) is 133 Å². The normalized spacial score (nSPS) is 13.3. The smallest absolute Gasteiger partial charge is 0.298 e. The largest absolute Gasteiger partial charge is 0.768 e. The van der Waals surface area contributed by atoms with E-state index >= 15 is 0 Å². The maximum atomic E-state index is 11.8. The first-order valence-electron chi connectivity index (χ1n) is 7.19. The van der Waals surface area contributed by atoms with Gasteiger partial charge in [-0.15, -0.1) is 0 Å². The van der Waals surface area contributed by atoms with Crippen LogP contribution in [0.15, 0.2) is 63.0 Å². The number of pyridine rings is 1. The number of nitrogens with zero attached hydrogens (tertiary/aromatic N) is 2. The molecule has 2 heterocycles. The molecule has 0 saturated carbocycles. The van der Waals surface area contributed by atoms with E-state index in [1.807, 2.05) is 0 Å². The summed E-state index contributed by atoms with van der Waals surface area (Å²) in [5, 5.41) is 0.784. The van der Waals surface area contributed by atoms with Gasteiger partial charge in [0.2, 0.25) is 5.89 Å². The summed E-state index contributed by atoms with van der Waals surface area (Å²) >= 11 is -2.48. The lowest BCUT2D eigenvalue weighted by atomic mass is 10.1. The molecule has 0 spiro atoms. The summed E-state index contributed by atoms with van der Waals surface area (Å²) in [6.45, 7) is 0. The van der Waals surface area contributed by atoms with E-state index in [2.05, 4.69) is 9.97 Å². The Hall–Kier alpha value is -2.66. The second-order valence-corrected chi connectivity index (χ2v) is 7.73. The second-order valence-electron chi connectivity index (χ2n) is 5.40. The van der Waals surface area contributed by atoms with Crippen LogP contribution in [0, 0.1) is 0 Å². The van der Waals surface area contributed by atoms with E-state index in [1.165, 1.54) is 30.6 Å². The summed E-state index contributed by atoms with van der Waals surface area (Å²) in [4.78, 5) is 7.73. The molecule has 2 aromatic carbocycles. The zero-order chi connectivity index (χ0) is 18.5. The lowest BCUT2D eigenvalue weighted by Crippen LogP contribution is -1.99. The van der Waals surface area contributed by atoms with E-state index in [0.29, 0.717) is 16.3 Å². The van der Waals surface area contributed by atoms with Gasteiger partial charge in [0.05, 0.1) is 0 Å². The Kier molecular flexibility index (Phi) is 3.84. The van der Waals surface area contributed by atoms with Crippen LogP contribution in [-0.4, -0.2) is 31.7 Å². The van der Waals surface area contributed by atoms with Crippen molar-refractivity contribution in [2.24, 2.45) is 0 Å². The number of benzene rings is 2. The molecule has 0 aliphatic carbocycles. The number of rotatable bonds is 3. The van der Waals surface area contributed by atoms with Gasteiger partial charge in [-0.2, -0.15) is 8.42 Å². The van der Waals surface area contributed by atoms with Gasteiger partial charge >= 0.3 is 0 Å². The van der Waals surface area contributed by atoms with E-state index in [9.17, 15) is 21.7 Å². The quantitative estimate of drug-likeness (QED) is 0.417. The maximum absolute atomic E-state index is 11.8. The van der Waals surface area contributed by atoms with Gasteiger partial charge in [0, 0.05) is 28.2 Å². The van der Waals surface area contributed by atoms with E-state index in [4.69, 9.17) is 4.42 Å². The molecule has 0 aliphatic rings. The lowest BCUT2D eigenvalue weighted by molar-refractivity contribution is 0.482. The molecule has 0 radical (unpaired) electrons. The highest BCUT2D eigenvalue weighted by Crippen LogP contribution is 2.35. The minimum atomic E-state index is -4.62. The zero-order valence-electron chi connectivity index (χ0n) is 12.8. The lowest BCUT2D eigenvalue weighted by Gasteiger charge is -2.07. The van der Waals surface area contributed by atoms with Crippen LogP contribution < -0.4 is 0 Å². The van der Waals surface area contributed by atoms with Crippen molar-refractivity contribution in [3.8, 4) is 11.5 Å². The summed E-state index contributed by atoms with van der Waals surface area (Å²) in [6.07, 6.45) is 3.06. The summed E-state index contributed by atoms with van der Waals surface area (Å²) < 4.78 is 61.1. The third-order valence-electron chi connectivity index (χ3n) is 3.81. The van der Waals surface area contributed by atoms with Crippen LogP contribution in [0.5, 0.6) is 0 Å². The Bertz CT molecular complexity index is 1280. The van der Waals surface area contributed by atoms with Gasteiger partial charge < -0.3 is 8.97 Å². The molecule has 0 saturated heterocycles. The average Bonchev–Trinajstić information content (AvgIpc) is 3.05. The molecule has 10 heteroatoms. The molecule has 8 nitrogen and oxygen atoms in total. The standard InChI is InChI=1S/C16H10N2O6S2/c19-25(20)11-1-2-12-10(7-11)8-13(26(21,22)23)15-14(12)18-16(24-15)9-3-5-17-6-4-9/h1-8H,(H,19,20)(H,21,22,23)/p-1. The van der Waals surface area contributed by atoms with E-state index < -0.39 is 26.1 Å². The molecule has 0 bridgehead atoms. The average molecular weight is 389 g/mol. The zero-order valence-corrected chi connectivity index (χ0v) is 14.5. The maximum Gasteiger partial charge on any atom is 0.298 e. The van der Waals surface area contributed by atoms with Gasteiger partial charge in [-0.3, -0.25) is 13.7 Å². The van der Waals surface area contributed by atoms with E-state index in [0.717, 1.165) is 6.07 Å². The third-order valence-corrected chi connectivity index (χ3v) is 5.31. The monoisotopic (exact) mass is 389 g/mol. The van der Waals surface area contributed by atoms with Crippen molar-refractivity contribution in [1.82, 2.24) is 9.97 Å². The van der Waals surface area contributed by atoms with E-state index in [-0.39, 0.29) is 21.9 Å². The Morgan fingerprint density at radius 2 is 1.85 bits per heavy atom. The molecule has 1 unspecified atom stereocenters. The number of oxazole rings is 1. The Morgan fingerprint density at radius 3 is 2.50 bits per heavy atom. The summed E-state index contributed by atoms with van der Waals surface area (Å²) in [5.41, 5.74) is 0.663. The predicted molar refractivity (Wildman–Crippen MR) is 91.7 cm³/mol. The fourth-order valence-electron chi connectivity index (χ4n) is 2.67. The van der Waals surface area contributed by atoms with Crippen molar-refractivity contribution in [3.05, 3.63) is 48.8 Å². The van der Waals surface area contributed by atoms with Gasteiger partial charge in [-0.05, 0) is 46.8 Å². The van der Waals surface area contributed by atoms with Crippen molar-refractivity contribution in [3.63, 3.8) is 0 Å². The number of hydrogen-bond donors (Lipinski definition) is 1. The van der Waals surface area contributed by atoms with Crippen LogP contribution in [0.1, 0.15) is 0 Å². The Labute approximate surface area is 149 Å². The highest BCUT2D eigenvalue weighted by molar-refractivity contribution is 7.86. The summed E-state index contributed by atoms with van der Waals surface area (Å²) in [5.74, 6) is 0.149. The number of hydrogen-bond acceptors (Lipinski definition) is 7. The van der Waals surface area contributed by atoms with Crippen LogP contribution >= 0.6 is 0 Å². The molecule has 132 valence electrons. The highest BCUT2D eigenvalue weighted by Gasteiger charge is 2.22. The van der Waals surface area contributed by atoms with Crippen molar-refractivity contribution >= 4 is 43.1 Å². The first-order chi connectivity index (χ1) is 12.3. The van der Waals surface area contributed by atoms with Gasteiger partial charge in [0.25, 0.3) is 10.1 Å². The number of aromatic nitrogens is 2. The van der Waals surface area contributed by atoms with Crippen LogP contribution in [0.4, 0.5) is 0 Å². The van der Waals surface area contributed by atoms with Crippen LogP contribution in [0.2, 0.25) is 0 Å². The minimum Gasteiger partial charge on any atom is -0.768 e. The molecular formula is C16H9N2O6S2-. The third kappa shape index (κ3) is 2.78. The molecule has 0 amide bonds. The van der Waals surface area contributed by atoms with Crippen molar-refractivity contribution < 1.29 is 26.1 Å². The fraction of sp³-hybridized carbons (Fsp3) is 0. The Morgan fingerprint density at radius 1 is 1.12 bits per heavy atom. The molecule has 0 aliphatic heterocycles. The number of fused-ring (bicyclic) bond motifs is 3. The van der Waals surface area contributed by atoms with Gasteiger partial charge in [-0.1, -0.05) is 6.07 Å². The summed E-state index contributed by atoms with van der Waals surface area (Å²) in [7, 11) is -4.62. The van der Waals surface area contributed by atoms with Crippen molar-refractivity contribution in [1.29, 1.82) is 0 Å². The van der Waals surface area contributed by atoms with Gasteiger partial charge in [-0.25, -0.2) is 4.98 Å². The van der Waals surface area contributed by atoms with Crippen molar-refractivity contribution in [2.75, 3.05) is 0 Å². The van der Waals surface area contributed by atoms with Crippen molar-refractivity contribution in [2.45, 2.75) is 9.79 Å². The molecule has 0 fully saturated rings. The molecule has 4 aromatic rings. The SMILES string of the molecule is O=S([O-])c1ccc2c(c1)cc(S(=O)(=O)O)c1oc(-c3ccncc3)nc12. The van der Waals surface area contributed by atoms with Crippen LogP contribution in [0.25, 0.3) is 33.3 Å². The molecule has 1 N–H and O–H groups in total. The van der Waals surface area contributed by atoms with E-state index in [1.54, 1.807) is 12.1 Å². The molecule has 1 atom stereocenters. The van der Waals surface area contributed by atoms with Crippen LogP contribution in [0.3, 0.4) is 0 Å². The fourth-order valence-corrected chi connectivity index (χ4v) is 3.72. The Balaban J connectivity index is 2.12. The second kappa shape index (κ2) is 5.95. The first kappa shape index (κ1) is 16.8. The summed E-state index contributed by atoms with van der Waals surface area (Å²) in [6, 6.07) is 8.61. The molecule has 26 heavy (non-hydrogen) atoms.